The zero-order chi connectivity index (χ0) is 18.2. The van der Waals surface area contributed by atoms with E-state index in [1.807, 2.05) is 25.3 Å². The number of likely N-dealkylation sites (tertiary alicyclic amines) is 1. The summed E-state index contributed by atoms with van der Waals surface area (Å²) in [5.41, 5.74) is 1.12. The van der Waals surface area contributed by atoms with Gasteiger partial charge >= 0.3 is 0 Å². The van der Waals surface area contributed by atoms with E-state index < -0.39 is 0 Å². The lowest BCUT2D eigenvalue weighted by molar-refractivity contribution is 0.249. The largest absolute Gasteiger partial charge is 0.356 e. The minimum atomic E-state index is 0. The van der Waals surface area contributed by atoms with E-state index in [0.717, 1.165) is 37.6 Å². The quantitative estimate of drug-likeness (QED) is 0.239. The predicted octanol–water partition coefficient (Wildman–Crippen LogP) is 4.07. The monoisotopic (exact) mass is 519 g/mol. The standard InChI is InChI=1S/C19H29N5S2.HI/c1-15-14-26-18(23-15)8-5-9-21-19(20-2)22-13-16(17-7-6-12-25-17)24-10-3-4-11-24;/h6-7,12,14,16H,3-5,8-11,13H2,1-2H3,(H2,20,21,22);1H. The third-order valence-corrected chi connectivity index (χ3v) is 6.67. The molecule has 2 aromatic rings. The van der Waals surface area contributed by atoms with E-state index in [1.165, 1.54) is 35.8 Å². The molecule has 1 unspecified atom stereocenters. The topological polar surface area (TPSA) is 52.6 Å². The fourth-order valence-corrected chi connectivity index (χ4v) is 5.00. The Balaban J connectivity index is 0.00000261. The molecule has 150 valence electrons. The van der Waals surface area contributed by atoms with Crippen molar-refractivity contribution >= 4 is 52.6 Å². The minimum absolute atomic E-state index is 0. The number of aliphatic imine (C=N–C) groups is 1. The van der Waals surface area contributed by atoms with E-state index in [-0.39, 0.29) is 24.0 Å². The summed E-state index contributed by atoms with van der Waals surface area (Å²) in [5, 5.41) is 12.5. The molecule has 0 radical (unpaired) electrons. The summed E-state index contributed by atoms with van der Waals surface area (Å²) < 4.78 is 0. The van der Waals surface area contributed by atoms with Crippen molar-refractivity contribution in [2.75, 3.05) is 33.2 Å². The molecular formula is C19H30IN5S2. The molecule has 5 nitrogen and oxygen atoms in total. The van der Waals surface area contributed by atoms with Crippen LogP contribution < -0.4 is 10.6 Å². The number of hydrogen-bond acceptors (Lipinski definition) is 5. The summed E-state index contributed by atoms with van der Waals surface area (Å²) in [6.45, 7) is 6.25. The van der Waals surface area contributed by atoms with E-state index >= 15 is 0 Å². The zero-order valence-electron chi connectivity index (χ0n) is 16.1. The van der Waals surface area contributed by atoms with Gasteiger partial charge in [0.2, 0.25) is 0 Å². The lowest BCUT2D eigenvalue weighted by atomic mass is 10.2. The summed E-state index contributed by atoms with van der Waals surface area (Å²) in [5.74, 6) is 0.890. The van der Waals surface area contributed by atoms with Gasteiger partial charge < -0.3 is 10.6 Å². The molecule has 1 fully saturated rings. The summed E-state index contributed by atoms with van der Waals surface area (Å²) in [6, 6.07) is 4.84. The van der Waals surface area contributed by atoms with Crippen LogP contribution >= 0.6 is 46.7 Å². The Morgan fingerprint density at radius 3 is 2.74 bits per heavy atom. The van der Waals surface area contributed by atoms with Crippen molar-refractivity contribution in [3.63, 3.8) is 0 Å². The van der Waals surface area contributed by atoms with Crippen molar-refractivity contribution in [3.05, 3.63) is 38.5 Å². The Hall–Kier alpha value is -0.710. The first-order valence-electron chi connectivity index (χ1n) is 9.39. The number of aryl methyl sites for hydroxylation is 2. The molecule has 1 aliphatic heterocycles. The Kier molecular flexibility index (Phi) is 10.0. The van der Waals surface area contributed by atoms with Gasteiger partial charge in [-0.3, -0.25) is 9.89 Å². The van der Waals surface area contributed by atoms with E-state index in [4.69, 9.17) is 0 Å². The van der Waals surface area contributed by atoms with Gasteiger partial charge in [-0.05, 0) is 50.7 Å². The Morgan fingerprint density at radius 1 is 1.30 bits per heavy atom. The van der Waals surface area contributed by atoms with Gasteiger partial charge in [-0.15, -0.1) is 46.7 Å². The van der Waals surface area contributed by atoms with Crippen LogP contribution in [0.2, 0.25) is 0 Å². The lowest BCUT2D eigenvalue weighted by Gasteiger charge is -2.27. The molecule has 27 heavy (non-hydrogen) atoms. The molecule has 3 rings (SSSR count). The highest BCUT2D eigenvalue weighted by Crippen LogP contribution is 2.27. The van der Waals surface area contributed by atoms with Gasteiger partial charge in [0, 0.05) is 42.5 Å². The first-order valence-corrected chi connectivity index (χ1v) is 11.1. The maximum Gasteiger partial charge on any atom is 0.191 e. The van der Waals surface area contributed by atoms with E-state index in [2.05, 4.69) is 48.4 Å². The van der Waals surface area contributed by atoms with Crippen LogP contribution in [0.25, 0.3) is 0 Å². The van der Waals surface area contributed by atoms with Crippen LogP contribution in [0.1, 0.15) is 40.9 Å². The number of nitrogens with one attached hydrogen (secondary N) is 2. The van der Waals surface area contributed by atoms with Crippen molar-refractivity contribution in [3.8, 4) is 0 Å². The molecule has 1 saturated heterocycles. The van der Waals surface area contributed by atoms with Gasteiger partial charge in [0.05, 0.1) is 11.0 Å². The molecule has 1 aliphatic rings. The molecule has 0 bridgehead atoms. The summed E-state index contributed by atoms with van der Waals surface area (Å²) in [4.78, 5) is 12.9. The molecule has 1 atom stereocenters. The molecular weight excluding hydrogens is 489 g/mol. The number of aromatic nitrogens is 1. The first kappa shape index (κ1) is 22.6. The average Bonchev–Trinajstić information content (AvgIpc) is 3.40. The number of nitrogens with zero attached hydrogens (tertiary/aromatic N) is 3. The van der Waals surface area contributed by atoms with Crippen LogP contribution in [0.4, 0.5) is 0 Å². The Labute approximate surface area is 187 Å². The highest BCUT2D eigenvalue weighted by atomic mass is 127. The van der Waals surface area contributed by atoms with Crippen molar-refractivity contribution in [1.82, 2.24) is 20.5 Å². The number of thiophene rings is 1. The van der Waals surface area contributed by atoms with E-state index in [1.54, 1.807) is 11.3 Å². The van der Waals surface area contributed by atoms with Crippen LogP contribution in [-0.4, -0.2) is 49.1 Å². The van der Waals surface area contributed by atoms with Crippen molar-refractivity contribution in [1.29, 1.82) is 0 Å². The molecule has 3 heterocycles. The van der Waals surface area contributed by atoms with Crippen molar-refractivity contribution in [2.24, 2.45) is 4.99 Å². The highest BCUT2D eigenvalue weighted by molar-refractivity contribution is 14.0. The minimum Gasteiger partial charge on any atom is -0.356 e. The van der Waals surface area contributed by atoms with Gasteiger partial charge in [0.1, 0.15) is 0 Å². The molecule has 2 N–H and O–H groups in total. The lowest BCUT2D eigenvalue weighted by Crippen LogP contribution is -2.42. The molecule has 0 aliphatic carbocycles. The zero-order valence-corrected chi connectivity index (χ0v) is 20.1. The van der Waals surface area contributed by atoms with E-state index in [0.29, 0.717) is 6.04 Å². The van der Waals surface area contributed by atoms with Crippen molar-refractivity contribution < 1.29 is 0 Å². The highest BCUT2D eigenvalue weighted by Gasteiger charge is 2.24. The third-order valence-electron chi connectivity index (χ3n) is 4.67. The van der Waals surface area contributed by atoms with Gasteiger partial charge in [-0.25, -0.2) is 4.98 Å². The van der Waals surface area contributed by atoms with Crippen LogP contribution in [0.15, 0.2) is 27.9 Å². The van der Waals surface area contributed by atoms with Gasteiger partial charge in [-0.2, -0.15) is 0 Å². The molecule has 8 heteroatoms. The predicted molar refractivity (Wildman–Crippen MR) is 128 cm³/mol. The van der Waals surface area contributed by atoms with Crippen LogP contribution in [-0.2, 0) is 6.42 Å². The first-order chi connectivity index (χ1) is 12.8. The second-order valence-corrected chi connectivity index (χ2v) is 8.56. The van der Waals surface area contributed by atoms with Gasteiger partial charge in [0.15, 0.2) is 5.96 Å². The summed E-state index contributed by atoms with van der Waals surface area (Å²) in [6.07, 6.45) is 4.71. The average molecular weight is 520 g/mol. The molecule has 0 aromatic carbocycles. The Bertz CT molecular complexity index is 680. The van der Waals surface area contributed by atoms with Crippen molar-refractivity contribution in [2.45, 2.75) is 38.6 Å². The molecule has 0 amide bonds. The van der Waals surface area contributed by atoms with Crippen LogP contribution in [0, 0.1) is 6.92 Å². The van der Waals surface area contributed by atoms with Crippen LogP contribution in [0.5, 0.6) is 0 Å². The van der Waals surface area contributed by atoms with Gasteiger partial charge in [-0.1, -0.05) is 6.07 Å². The number of halogens is 1. The normalized spacial score (nSPS) is 16.1. The number of rotatable bonds is 8. The smallest absolute Gasteiger partial charge is 0.191 e. The van der Waals surface area contributed by atoms with Crippen LogP contribution in [0.3, 0.4) is 0 Å². The Morgan fingerprint density at radius 2 is 2.11 bits per heavy atom. The number of guanidine groups is 1. The summed E-state index contributed by atoms with van der Waals surface area (Å²) in [7, 11) is 1.84. The SMILES string of the molecule is CN=C(NCCCc1nc(C)cs1)NCC(c1cccs1)N1CCCC1.I. The molecule has 0 saturated carbocycles. The van der Waals surface area contributed by atoms with Gasteiger partial charge in [0.25, 0.3) is 0 Å². The van der Waals surface area contributed by atoms with E-state index in [9.17, 15) is 0 Å². The molecule has 2 aromatic heterocycles. The summed E-state index contributed by atoms with van der Waals surface area (Å²) >= 11 is 3.60. The molecule has 0 spiro atoms. The second kappa shape index (κ2) is 12.0. The maximum absolute atomic E-state index is 4.52. The fourth-order valence-electron chi connectivity index (χ4n) is 3.32. The second-order valence-electron chi connectivity index (χ2n) is 6.64. The fraction of sp³-hybridized carbons (Fsp3) is 0.579. The third kappa shape index (κ3) is 6.99. The number of thiazole rings is 1. The number of hydrogen-bond donors (Lipinski definition) is 2. The maximum atomic E-state index is 4.52.